The van der Waals surface area contributed by atoms with Crippen molar-refractivity contribution in [2.45, 2.75) is 438 Å². The number of aliphatic carboxylic acids is 2. The van der Waals surface area contributed by atoms with Gasteiger partial charge in [0.05, 0.1) is 0 Å². The molecule has 0 heterocycles. The van der Waals surface area contributed by atoms with E-state index in [9.17, 15) is 29.4 Å². The van der Waals surface area contributed by atoms with E-state index in [0.717, 1.165) is 141 Å². The van der Waals surface area contributed by atoms with Gasteiger partial charge < -0.3 is 29.3 Å². The van der Waals surface area contributed by atoms with Crippen LogP contribution in [0.2, 0.25) is 0 Å². The van der Waals surface area contributed by atoms with E-state index < -0.39 is 11.9 Å². The minimum atomic E-state index is -0.941. The van der Waals surface area contributed by atoms with Crippen LogP contribution in [0.1, 0.15) is 426 Å². The topological polar surface area (TPSA) is 133 Å². The third kappa shape index (κ3) is 75.2. The number of carbonyl (C=O) groups excluding carboxylic acids is 4. The molecular weight excluding hydrogens is 1030 g/mol. The fourth-order valence-corrected chi connectivity index (χ4v) is 11.3. The van der Waals surface area contributed by atoms with Crippen molar-refractivity contribution in [3.8, 4) is 0 Å². The van der Waals surface area contributed by atoms with E-state index in [2.05, 4.69) is 27.7 Å². The van der Waals surface area contributed by atoms with E-state index in [4.69, 9.17) is 9.47 Å². The third-order valence-corrected chi connectivity index (χ3v) is 16.6. The molecule has 0 aliphatic rings. The Morgan fingerprint density at radius 1 is 0.235 bits per heavy atom. The fourth-order valence-electron chi connectivity index (χ4n) is 11.3. The fraction of sp³-hybridized carbons (Fsp3) is 0.944. The van der Waals surface area contributed by atoms with Crippen LogP contribution in [0, 0.1) is 0 Å². The molecule has 0 saturated heterocycles. The van der Waals surface area contributed by atoms with Gasteiger partial charge in [-0.15, -0.1) is 0 Å². The van der Waals surface area contributed by atoms with E-state index in [1.165, 1.54) is 231 Å². The molecule has 9 heteroatoms. The Hall–Kier alpha value is -0.860. The van der Waals surface area contributed by atoms with Crippen molar-refractivity contribution in [1.29, 1.82) is 0 Å². The average Bonchev–Trinajstić information content (AvgIpc) is 3.43. The Bertz CT molecular complexity index is 1170. The number of rotatable bonds is 66. The SMILES string of the molecule is CCCCCCCCCCCCCCCCCC(=O)OC(CCCCCCCC)CCCCCCCCC(=O)[O-].CCCCCCCCCCCCCCCCCC(=O)OC(CCCCCCCC)CCCCCCCCC(=O)[O-].[Ca+2]. The maximum atomic E-state index is 12.5. The van der Waals surface area contributed by atoms with Crippen LogP contribution < -0.4 is 10.2 Å². The first-order valence-corrected chi connectivity index (χ1v) is 36.0. The summed E-state index contributed by atoms with van der Waals surface area (Å²) in [5, 5.41) is 21.0. The molecule has 0 radical (unpaired) electrons. The van der Waals surface area contributed by atoms with Crippen molar-refractivity contribution in [3.05, 3.63) is 0 Å². The van der Waals surface area contributed by atoms with Crippen molar-refractivity contribution in [2.24, 2.45) is 0 Å². The molecule has 2 unspecified atom stereocenters. The van der Waals surface area contributed by atoms with E-state index in [0.29, 0.717) is 12.8 Å². The molecule has 0 fully saturated rings. The summed E-state index contributed by atoms with van der Waals surface area (Å²) in [7, 11) is 0. The molecule has 0 N–H and O–H groups in total. The summed E-state index contributed by atoms with van der Waals surface area (Å²) in [6, 6.07) is 0. The van der Waals surface area contributed by atoms with Crippen LogP contribution in [0.3, 0.4) is 0 Å². The zero-order valence-electron chi connectivity index (χ0n) is 55.0. The van der Waals surface area contributed by atoms with Crippen molar-refractivity contribution >= 4 is 61.6 Å². The van der Waals surface area contributed by atoms with Crippen molar-refractivity contribution in [1.82, 2.24) is 0 Å². The van der Waals surface area contributed by atoms with Crippen molar-refractivity contribution < 1.29 is 38.9 Å². The van der Waals surface area contributed by atoms with Gasteiger partial charge in [0.15, 0.2) is 0 Å². The van der Waals surface area contributed by atoms with Crippen LogP contribution in [-0.2, 0) is 28.7 Å². The predicted octanol–water partition coefficient (Wildman–Crippen LogP) is 21.2. The largest absolute Gasteiger partial charge is 2.00 e. The molecule has 476 valence electrons. The van der Waals surface area contributed by atoms with Gasteiger partial charge in [-0.2, -0.15) is 0 Å². The number of carbonyl (C=O) groups is 4. The molecule has 0 rings (SSSR count). The molecule has 0 aromatic carbocycles. The van der Waals surface area contributed by atoms with Crippen LogP contribution in [0.5, 0.6) is 0 Å². The molecule has 0 bridgehead atoms. The zero-order chi connectivity index (χ0) is 58.7. The Labute approximate surface area is 534 Å². The summed E-state index contributed by atoms with van der Waals surface area (Å²) < 4.78 is 11.9. The van der Waals surface area contributed by atoms with Gasteiger partial charge in [-0.25, -0.2) is 0 Å². The number of carboxylic acid groups (broad SMARTS) is 2. The molecule has 0 saturated carbocycles. The summed E-state index contributed by atoms with van der Waals surface area (Å²) in [6.07, 6.45) is 73.1. The molecule has 0 aliphatic heterocycles. The first kappa shape index (κ1) is 84.3. The van der Waals surface area contributed by atoms with Crippen LogP contribution in [-0.4, -0.2) is 73.8 Å². The van der Waals surface area contributed by atoms with Gasteiger partial charge in [-0.05, 0) is 89.9 Å². The molecular formula is C72H138CaO8. The summed E-state index contributed by atoms with van der Waals surface area (Å²) in [6.45, 7) is 9.06. The smallest absolute Gasteiger partial charge is 0.550 e. The molecule has 8 nitrogen and oxygen atoms in total. The minimum absolute atomic E-state index is 0. The monoisotopic (exact) mass is 1170 g/mol. The number of esters is 2. The van der Waals surface area contributed by atoms with Crippen LogP contribution in [0.4, 0.5) is 0 Å². The molecule has 81 heavy (non-hydrogen) atoms. The average molecular weight is 1170 g/mol. The second kappa shape index (κ2) is 73.4. The first-order valence-electron chi connectivity index (χ1n) is 36.0. The summed E-state index contributed by atoms with van der Waals surface area (Å²) in [5.41, 5.74) is 0. The number of unbranched alkanes of at least 4 members (excludes halogenated alkanes) is 48. The summed E-state index contributed by atoms with van der Waals surface area (Å²) in [5.74, 6) is -1.87. The molecule has 0 spiro atoms. The normalized spacial score (nSPS) is 11.9. The minimum Gasteiger partial charge on any atom is -0.550 e. The maximum absolute atomic E-state index is 12.5. The van der Waals surface area contributed by atoms with E-state index >= 15 is 0 Å². The van der Waals surface area contributed by atoms with Gasteiger partial charge >= 0.3 is 49.7 Å². The quantitative estimate of drug-likeness (QED) is 0.0334. The Balaban J connectivity index is -0.00000148. The Morgan fingerprint density at radius 3 is 0.556 bits per heavy atom. The number of hydrogen-bond donors (Lipinski definition) is 0. The van der Waals surface area contributed by atoms with Gasteiger partial charge in [0, 0.05) is 24.8 Å². The number of carboxylic acids is 2. The predicted molar refractivity (Wildman–Crippen MR) is 344 cm³/mol. The molecule has 0 aromatic heterocycles. The maximum Gasteiger partial charge on any atom is 2.00 e. The summed E-state index contributed by atoms with van der Waals surface area (Å²) >= 11 is 0. The molecule has 2 atom stereocenters. The van der Waals surface area contributed by atoms with Crippen LogP contribution in [0.25, 0.3) is 0 Å². The molecule has 0 aliphatic carbocycles. The van der Waals surface area contributed by atoms with Crippen molar-refractivity contribution in [3.63, 3.8) is 0 Å². The zero-order valence-corrected chi connectivity index (χ0v) is 57.2. The second-order valence-corrected chi connectivity index (χ2v) is 24.8. The second-order valence-electron chi connectivity index (χ2n) is 24.8. The van der Waals surface area contributed by atoms with Crippen LogP contribution in [0.15, 0.2) is 0 Å². The van der Waals surface area contributed by atoms with E-state index in [1.807, 2.05) is 0 Å². The van der Waals surface area contributed by atoms with E-state index in [1.54, 1.807) is 0 Å². The van der Waals surface area contributed by atoms with E-state index in [-0.39, 0.29) is 74.7 Å². The third-order valence-electron chi connectivity index (χ3n) is 16.6. The van der Waals surface area contributed by atoms with Crippen molar-refractivity contribution in [2.75, 3.05) is 0 Å². The molecule has 0 aromatic rings. The van der Waals surface area contributed by atoms with Gasteiger partial charge in [-0.3, -0.25) is 9.59 Å². The Kier molecular flexibility index (Phi) is 76.4. The van der Waals surface area contributed by atoms with Gasteiger partial charge in [0.1, 0.15) is 12.2 Å². The summed E-state index contributed by atoms with van der Waals surface area (Å²) in [4.78, 5) is 46.1. The van der Waals surface area contributed by atoms with Gasteiger partial charge in [0.25, 0.3) is 0 Å². The standard InChI is InChI=1S/2C36H70O4.Ca/c2*1-3-5-7-9-11-12-13-14-15-16-17-18-19-25-29-33-36(39)40-34(30-26-22-10-8-6-4-2)31-27-23-20-21-24-28-32-35(37)38;/h2*34H,3-33H2,1-2H3,(H,37,38);/q;;+2/p-2. The van der Waals surface area contributed by atoms with Gasteiger partial charge in [0.2, 0.25) is 0 Å². The first-order chi connectivity index (χ1) is 39.2. The molecule has 0 amide bonds. The Morgan fingerprint density at radius 2 is 0.383 bits per heavy atom. The number of hydrogen-bond acceptors (Lipinski definition) is 8. The number of ether oxygens (including phenoxy) is 2. The van der Waals surface area contributed by atoms with Gasteiger partial charge in [-0.1, -0.05) is 323 Å². The van der Waals surface area contributed by atoms with Crippen LogP contribution >= 0.6 is 0 Å².